The van der Waals surface area contributed by atoms with E-state index in [0.717, 1.165) is 11.1 Å². The van der Waals surface area contributed by atoms with Crippen molar-refractivity contribution in [2.75, 3.05) is 17.7 Å². The Morgan fingerprint density at radius 3 is 2.43 bits per heavy atom. The number of carbonyl (C=O) groups is 2. The number of benzene rings is 2. The zero-order chi connectivity index (χ0) is 17.0. The molecule has 0 aliphatic rings. The van der Waals surface area contributed by atoms with E-state index in [1.165, 1.54) is 12.1 Å². The number of ether oxygens (including phenoxy) is 1. The van der Waals surface area contributed by atoms with E-state index < -0.39 is 18.5 Å². The van der Waals surface area contributed by atoms with Crippen LogP contribution < -0.4 is 11.1 Å². The largest absolute Gasteiger partial charge is 0.452 e. The van der Waals surface area contributed by atoms with Gasteiger partial charge in [0, 0.05) is 5.69 Å². The van der Waals surface area contributed by atoms with Crippen LogP contribution in [-0.4, -0.2) is 18.5 Å². The van der Waals surface area contributed by atoms with Crippen molar-refractivity contribution in [2.24, 2.45) is 0 Å². The lowest BCUT2D eigenvalue weighted by Crippen LogP contribution is -2.21. The monoisotopic (exact) mass is 332 g/mol. The topological polar surface area (TPSA) is 81.4 Å². The Morgan fingerprint density at radius 1 is 1.17 bits per heavy atom. The fraction of sp³-hybridized carbons (Fsp3) is 0.176. The molecule has 0 aromatic heterocycles. The number of carbonyl (C=O) groups excluding carboxylic acids is 2. The molecule has 0 saturated carbocycles. The number of nitrogen functional groups attached to an aromatic ring is 1. The summed E-state index contributed by atoms with van der Waals surface area (Å²) in [4.78, 5) is 23.7. The molecule has 3 N–H and O–H groups in total. The fourth-order valence-electron chi connectivity index (χ4n) is 2.08. The second kappa shape index (κ2) is 7.15. The smallest absolute Gasteiger partial charge is 0.338 e. The minimum atomic E-state index is -0.591. The zero-order valence-electron chi connectivity index (χ0n) is 12.9. The maximum Gasteiger partial charge on any atom is 0.338 e. The lowest BCUT2D eigenvalue weighted by Gasteiger charge is -2.11. The quantitative estimate of drug-likeness (QED) is 0.664. The molecule has 5 nitrogen and oxygen atoms in total. The average molecular weight is 333 g/mol. The van der Waals surface area contributed by atoms with Crippen molar-refractivity contribution in [3.05, 3.63) is 58.1 Å². The van der Waals surface area contributed by atoms with Gasteiger partial charge in [-0.25, -0.2) is 4.79 Å². The first-order valence-electron chi connectivity index (χ1n) is 6.96. The van der Waals surface area contributed by atoms with Crippen molar-refractivity contribution < 1.29 is 14.3 Å². The molecule has 23 heavy (non-hydrogen) atoms. The number of amides is 1. The van der Waals surface area contributed by atoms with Crippen LogP contribution in [0.1, 0.15) is 21.5 Å². The zero-order valence-corrected chi connectivity index (χ0v) is 13.6. The van der Waals surface area contributed by atoms with Gasteiger partial charge in [-0.15, -0.1) is 0 Å². The van der Waals surface area contributed by atoms with Crippen LogP contribution in [0, 0.1) is 13.8 Å². The summed E-state index contributed by atoms with van der Waals surface area (Å²) in [6, 6.07) is 9.91. The molecular formula is C17H17ClN2O3. The molecule has 0 heterocycles. The number of halogens is 1. The summed E-state index contributed by atoms with van der Waals surface area (Å²) in [6.07, 6.45) is 0. The van der Waals surface area contributed by atoms with Gasteiger partial charge in [0.25, 0.3) is 5.91 Å². The number of nitrogens with one attached hydrogen (secondary N) is 1. The SMILES string of the molecule is Cc1cc(C)c(NC(=O)COC(=O)c2ccc(N)cc2)c(Cl)c1. The van der Waals surface area contributed by atoms with Crippen molar-refractivity contribution in [1.82, 2.24) is 0 Å². The van der Waals surface area contributed by atoms with Gasteiger partial charge in [-0.05, 0) is 55.3 Å². The van der Waals surface area contributed by atoms with E-state index in [9.17, 15) is 9.59 Å². The van der Waals surface area contributed by atoms with Crippen molar-refractivity contribution in [1.29, 1.82) is 0 Å². The molecule has 0 aliphatic heterocycles. The van der Waals surface area contributed by atoms with Gasteiger partial charge in [-0.1, -0.05) is 17.7 Å². The number of aryl methyl sites for hydroxylation is 2. The third-order valence-corrected chi connectivity index (χ3v) is 3.47. The van der Waals surface area contributed by atoms with Crippen LogP contribution in [0.3, 0.4) is 0 Å². The van der Waals surface area contributed by atoms with Crippen LogP contribution >= 0.6 is 11.6 Å². The summed E-state index contributed by atoms with van der Waals surface area (Å²) >= 11 is 6.12. The van der Waals surface area contributed by atoms with Crippen LogP contribution in [0.5, 0.6) is 0 Å². The number of esters is 1. The maximum absolute atomic E-state index is 11.9. The number of rotatable bonds is 4. The van der Waals surface area contributed by atoms with Crippen molar-refractivity contribution in [2.45, 2.75) is 13.8 Å². The highest BCUT2D eigenvalue weighted by Crippen LogP contribution is 2.27. The number of nitrogens with two attached hydrogens (primary N) is 1. The Hall–Kier alpha value is -2.53. The van der Waals surface area contributed by atoms with Gasteiger partial charge in [-0.3, -0.25) is 4.79 Å². The van der Waals surface area contributed by atoms with Gasteiger partial charge in [0.1, 0.15) is 0 Å². The van der Waals surface area contributed by atoms with E-state index in [1.54, 1.807) is 18.2 Å². The van der Waals surface area contributed by atoms with Crippen molar-refractivity contribution in [3.63, 3.8) is 0 Å². The molecule has 120 valence electrons. The summed E-state index contributed by atoms with van der Waals surface area (Å²) in [5.74, 6) is -1.05. The second-order valence-corrected chi connectivity index (χ2v) is 5.59. The highest BCUT2D eigenvalue weighted by atomic mass is 35.5. The Bertz CT molecular complexity index is 719. The van der Waals surface area contributed by atoms with E-state index >= 15 is 0 Å². The summed E-state index contributed by atoms with van der Waals surface area (Å²) in [5, 5.41) is 3.10. The first-order valence-corrected chi connectivity index (χ1v) is 7.34. The maximum atomic E-state index is 11.9. The number of hydrogen-bond donors (Lipinski definition) is 2. The molecule has 2 aromatic rings. The van der Waals surface area contributed by atoms with Crippen molar-refractivity contribution in [3.8, 4) is 0 Å². The third-order valence-electron chi connectivity index (χ3n) is 3.18. The lowest BCUT2D eigenvalue weighted by molar-refractivity contribution is -0.119. The minimum absolute atomic E-state index is 0.330. The van der Waals surface area contributed by atoms with E-state index in [0.29, 0.717) is 22.0 Å². The van der Waals surface area contributed by atoms with E-state index in [1.807, 2.05) is 19.9 Å². The third kappa shape index (κ3) is 4.47. The first-order chi connectivity index (χ1) is 10.9. The van der Waals surface area contributed by atoms with Crippen LogP contribution in [0.15, 0.2) is 36.4 Å². The molecule has 0 unspecified atom stereocenters. The van der Waals surface area contributed by atoms with Gasteiger partial charge < -0.3 is 15.8 Å². The number of anilines is 2. The molecule has 6 heteroatoms. The molecule has 2 rings (SSSR count). The van der Waals surface area contributed by atoms with E-state index in [4.69, 9.17) is 22.1 Å². The Labute approximate surface area is 139 Å². The van der Waals surface area contributed by atoms with Gasteiger partial charge in [0.05, 0.1) is 16.3 Å². The van der Waals surface area contributed by atoms with Gasteiger partial charge >= 0.3 is 5.97 Å². The van der Waals surface area contributed by atoms with E-state index in [2.05, 4.69) is 5.32 Å². The first kappa shape index (κ1) is 16.8. The van der Waals surface area contributed by atoms with Crippen molar-refractivity contribution >= 4 is 34.9 Å². The molecular weight excluding hydrogens is 316 g/mol. The highest BCUT2D eigenvalue weighted by Gasteiger charge is 2.13. The van der Waals surface area contributed by atoms with Gasteiger partial charge in [0.2, 0.25) is 0 Å². The molecule has 0 saturated heterocycles. The Kier molecular flexibility index (Phi) is 5.24. The molecule has 2 aromatic carbocycles. The molecule has 0 spiro atoms. The van der Waals surface area contributed by atoms with Crippen LogP contribution in [0.4, 0.5) is 11.4 Å². The van der Waals surface area contributed by atoms with Gasteiger partial charge in [0.15, 0.2) is 6.61 Å². The predicted molar refractivity (Wildman–Crippen MR) is 90.7 cm³/mol. The highest BCUT2D eigenvalue weighted by molar-refractivity contribution is 6.34. The molecule has 0 atom stereocenters. The molecule has 0 bridgehead atoms. The second-order valence-electron chi connectivity index (χ2n) is 5.18. The van der Waals surface area contributed by atoms with Crippen LogP contribution in [0.25, 0.3) is 0 Å². The predicted octanol–water partition coefficient (Wildman–Crippen LogP) is 3.33. The Balaban J connectivity index is 1.95. The minimum Gasteiger partial charge on any atom is -0.452 e. The van der Waals surface area contributed by atoms with Gasteiger partial charge in [-0.2, -0.15) is 0 Å². The average Bonchev–Trinajstić information content (AvgIpc) is 2.49. The molecule has 0 radical (unpaired) electrons. The summed E-state index contributed by atoms with van der Waals surface area (Å²) in [6.45, 7) is 3.36. The Morgan fingerprint density at radius 2 is 1.83 bits per heavy atom. The van der Waals surface area contributed by atoms with E-state index in [-0.39, 0.29) is 0 Å². The number of hydrogen-bond acceptors (Lipinski definition) is 4. The fourth-order valence-corrected chi connectivity index (χ4v) is 2.45. The normalized spacial score (nSPS) is 10.2. The lowest BCUT2D eigenvalue weighted by atomic mass is 10.1. The van der Waals surface area contributed by atoms with Crippen LogP contribution in [-0.2, 0) is 9.53 Å². The molecule has 1 amide bonds. The summed E-state index contributed by atoms with van der Waals surface area (Å²) in [5.41, 5.74) is 8.78. The molecule has 0 aliphatic carbocycles. The summed E-state index contributed by atoms with van der Waals surface area (Å²) in [7, 11) is 0. The molecule has 0 fully saturated rings. The summed E-state index contributed by atoms with van der Waals surface area (Å²) < 4.78 is 4.97. The standard InChI is InChI=1S/C17H17ClN2O3/c1-10-7-11(2)16(14(18)8-10)20-15(21)9-23-17(22)12-3-5-13(19)6-4-12/h3-8H,9,19H2,1-2H3,(H,20,21). The van der Waals surface area contributed by atoms with Crippen LogP contribution in [0.2, 0.25) is 5.02 Å².